The molecule has 6 heteroatoms. The van der Waals surface area contributed by atoms with Crippen LogP contribution in [-0.4, -0.2) is 25.4 Å². The van der Waals surface area contributed by atoms with Crippen molar-refractivity contribution < 1.29 is 9.90 Å². The van der Waals surface area contributed by atoms with Crippen LogP contribution in [0.1, 0.15) is 66.8 Å². The normalized spacial score (nSPS) is 14.7. The second-order valence-electron chi connectivity index (χ2n) is 7.92. The first-order valence-electron chi connectivity index (χ1n) is 10.7. The molecule has 3 aromatic rings. The molecule has 0 saturated heterocycles. The third-order valence-corrected chi connectivity index (χ3v) is 5.96. The molecule has 30 heavy (non-hydrogen) atoms. The highest BCUT2D eigenvalue weighted by Crippen LogP contribution is 2.27. The van der Waals surface area contributed by atoms with Gasteiger partial charge in [-0.3, -0.25) is 4.57 Å². The average molecular weight is 405 g/mol. The van der Waals surface area contributed by atoms with E-state index in [1.807, 2.05) is 43.3 Å². The standard InChI is InChI=1S/C24H27N3O3/c1-2-22-25-27(19-8-4-3-5-9-19)24(30)26(22)16-17-12-14-18(15-13-17)20-10-6-7-11-21(20)23(28)29/h6-7,10-15,19H,2-5,8-9,16H2,1H3,(H,28,29). The molecule has 1 fully saturated rings. The summed E-state index contributed by atoms with van der Waals surface area (Å²) in [6.07, 6.45) is 6.31. The van der Waals surface area contributed by atoms with Gasteiger partial charge in [0.1, 0.15) is 5.82 Å². The Bertz CT molecular complexity index is 1090. The fourth-order valence-electron chi connectivity index (χ4n) is 4.33. The number of aromatic nitrogens is 3. The summed E-state index contributed by atoms with van der Waals surface area (Å²) in [6, 6.07) is 14.9. The van der Waals surface area contributed by atoms with Gasteiger partial charge in [-0.15, -0.1) is 0 Å². The molecule has 6 nitrogen and oxygen atoms in total. The van der Waals surface area contributed by atoms with Gasteiger partial charge in [-0.2, -0.15) is 5.10 Å². The van der Waals surface area contributed by atoms with Crippen molar-refractivity contribution in [2.75, 3.05) is 0 Å². The Morgan fingerprint density at radius 2 is 1.77 bits per heavy atom. The molecule has 1 aliphatic rings. The number of aromatic carboxylic acids is 1. The molecule has 0 spiro atoms. The summed E-state index contributed by atoms with van der Waals surface area (Å²) < 4.78 is 3.48. The highest BCUT2D eigenvalue weighted by atomic mass is 16.4. The first-order valence-corrected chi connectivity index (χ1v) is 10.7. The van der Waals surface area contributed by atoms with Gasteiger partial charge in [-0.25, -0.2) is 14.3 Å². The topological polar surface area (TPSA) is 77.1 Å². The van der Waals surface area contributed by atoms with Gasteiger partial charge < -0.3 is 5.11 Å². The zero-order valence-electron chi connectivity index (χ0n) is 17.3. The molecule has 4 rings (SSSR count). The Balaban J connectivity index is 1.60. The monoisotopic (exact) mass is 405 g/mol. The van der Waals surface area contributed by atoms with E-state index in [-0.39, 0.29) is 17.3 Å². The number of carboxylic acid groups (broad SMARTS) is 1. The molecule has 1 N–H and O–H groups in total. The quantitative estimate of drug-likeness (QED) is 0.654. The van der Waals surface area contributed by atoms with Gasteiger partial charge >= 0.3 is 11.7 Å². The predicted octanol–water partition coefficient (Wildman–Crippen LogP) is 4.53. The highest BCUT2D eigenvalue weighted by molar-refractivity contribution is 5.95. The Labute approximate surface area is 175 Å². The Morgan fingerprint density at radius 3 is 2.43 bits per heavy atom. The minimum Gasteiger partial charge on any atom is -0.478 e. The number of nitrogens with zero attached hydrogens (tertiary/aromatic N) is 3. The number of carboxylic acids is 1. The Morgan fingerprint density at radius 1 is 1.07 bits per heavy atom. The predicted molar refractivity (Wildman–Crippen MR) is 116 cm³/mol. The lowest BCUT2D eigenvalue weighted by Gasteiger charge is -2.20. The number of hydrogen-bond donors (Lipinski definition) is 1. The van der Waals surface area contributed by atoms with Crippen LogP contribution < -0.4 is 5.69 Å². The summed E-state index contributed by atoms with van der Waals surface area (Å²) >= 11 is 0. The van der Waals surface area contributed by atoms with Gasteiger partial charge in [0, 0.05) is 6.42 Å². The fourth-order valence-corrected chi connectivity index (χ4v) is 4.33. The van der Waals surface area contributed by atoms with Gasteiger partial charge in [0.25, 0.3) is 0 Å². The minimum atomic E-state index is -0.941. The zero-order chi connectivity index (χ0) is 21.1. The van der Waals surface area contributed by atoms with Crippen LogP contribution in [0.25, 0.3) is 11.1 Å². The maximum atomic E-state index is 13.1. The first kappa shape index (κ1) is 20.1. The third-order valence-electron chi connectivity index (χ3n) is 5.96. The molecule has 1 aromatic heterocycles. The van der Waals surface area contributed by atoms with Gasteiger partial charge in [0.2, 0.25) is 0 Å². The summed E-state index contributed by atoms with van der Waals surface area (Å²) in [4.78, 5) is 24.6. The van der Waals surface area contributed by atoms with Crippen LogP contribution in [0.2, 0.25) is 0 Å². The molecule has 0 unspecified atom stereocenters. The van der Waals surface area contributed by atoms with E-state index in [2.05, 4.69) is 5.10 Å². The molecule has 1 aliphatic carbocycles. The second-order valence-corrected chi connectivity index (χ2v) is 7.92. The van der Waals surface area contributed by atoms with Crippen molar-refractivity contribution in [3.8, 4) is 11.1 Å². The molecule has 0 aliphatic heterocycles. The van der Waals surface area contributed by atoms with Crippen molar-refractivity contribution in [2.24, 2.45) is 0 Å². The van der Waals surface area contributed by atoms with Gasteiger partial charge in [0.05, 0.1) is 18.2 Å². The van der Waals surface area contributed by atoms with Crippen molar-refractivity contribution in [3.63, 3.8) is 0 Å². The molecule has 156 valence electrons. The number of hydrogen-bond acceptors (Lipinski definition) is 3. The van der Waals surface area contributed by atoms with Crippen molar-refractivity contribution in [1.82, 2.24) is 14.3 Å². The van der Waals surface area contributed by atoms with E-state index < -0.39 is 5.97 Å². The van der Waals surface area contributed by atoms with Gasteiger partial charge in [-0.05, 0) is 35.6 Å². The van der Waals surface area contributed by atoms with E-state index >= 15 is 0 Å². The highest BCUT2D eigenvalue weighted by Gasteiger charge is 2.22. The lowest BCUT2D eigenvalue weighted by Crippen LogP contribution is -2.29. The number of benzene rings is 2. The molecule has 1 heterocycles. The van der Waals surface area contributed by atoms with E-state index in [0.29, 0.717) is 18.5 Å². The Hall–Kier alpha value is -3.15. The van der Waals surface area contributed by atoms with Crippen LogP contribution in [0.3, 0.4) is 0 Å². The average Bonchev–Trinajstić information content (AvgIpc) is 3.10. The van der Waals surface area contributed by atoms with E-state index in [1.54, 1.807) is 21.4 Å². The van der Waals surface area contributed by atoms with Crippen LogP contribution in [-0.2, 0) is 13.0 Å². The summed E-state index contributed by atoms with van der Waals surface area (Å²) in [5, 5.41) is 14.1. The second kappa shape index (κ2) is 8.69. The molecule has 0 radical (unpaired) electrons. The lowest BCUT2D eigenvalue weighted by molar-refractivity contribution is 0.0697. The van der Waals surface area contributed by atoms with Gasteiger partial charge in [-0.1, -0.05) is 68.7 Å². The van der Waals surface area contributed by atoms with Crippen molar-refractivity contribution in [1.29, 1.82) is 0 Å². The summed E-state index contributed by atoms with van der Waals surface area (Å²) in [6.45, 7) is 2.49. The van der Waals surface area contributed by atoms with E-state index in [0.717, 1.165) is 42.6 Å². The number of rotatable bonds is 6. The first-order chi connectivity index (χ1) is 14.6. The van der Waals surface area contributed by atoms with E-state index in [4.69, 9.17) is 0 Å². The lowest BCUT2D eigenvalue weighted by atomic mass is 9.96. The summed E-state index contributed by atoms with van der Waals surface area (Å²) in [5.41, 5.74) is 2.78. The van der Waals surface area contributed by atoms with Crippen molar-refractivity contribution in [3.05, 3.63) is 76.0 Å². The fraction of sp³-hybridized carbons (Fsp3) is 0.375. The third kappa shape index (κ3) is 3.95. The zero-order valence-corrected chi connectivity index (χ0v) is 17.3. The van der Waals surface area contributed by atoms with Crippen LogP contribution in [0.5, 0.6) is 0 Å². The smallest absolute Gasteiger partial charge is 0.346 e. The van der Waals surface area contributed by atoms with E-state index in [1.165, 1.54) is 6.42 Å². The van der Waals surface area contributed by atoms with Crippen LogP contribution in [0.15, 0.2) is 53.3 Å². The summed E-state index contributed by atoms with van der Waals surface area (Å²) in [7, 11) is 0. The van der Waals surface area contributed by atoms with E-state index in [9.17, 15) is 14.7 Å². The minimum absolute atomic E-state index is 0.0287. The maximum Gasteiger partial charge on any atom is 0.346 e. The van der Waals surface area contributed by atoms with Crippen LogP contribution in [0.4, 0.5) is 0 Å². The summed E-state index contributed by atoms with van der Waals surface area (Å²) in [5.74, 6) is -0.130. The van der Waals surface area contributed by atoms with Gasteiger partial charge in [0.15, 0.2) is 0 Å². The number of carbonyl (C=O) groups is 1. The maximum absolute atomic E-state index is 13.1. The molecular weight excluding hydrogens is 378 g/mol. The molecule has 2 aromatic carbocycles. The van der Waals surface area contributed by atoms with Crippen molar-refractivity contribution >= 4 is 5.97 Å². The molecule has 0 bridgehead atoms. The van der Waals surface area contributed by atoms with Crippen molar-refractivity contribution in [2.45, 2.75) is 58.0 Å². The Kier molecular flexibility index (Phi) is 5.84. The molecule has 0 atom stereocenters. The molecule has 0 amide bonds. The van der Waals surface area contributed by atoms with Crippen LogP contribution in [0, 0.1) is 0 Å². The van der Waals surface area contributed by atoms with Crippen LogP contribution >= 0.6 is 0 Å². The SMILES string of the molecule is CCc1nn(C2CCCCC2)c(=O)n1Cc1ccc(-c2ccccc2C(=O)O)cc1. The number of aryl methyl sites for hydroxylation is 1. The largest absolute Gasteiger partial charge is 0.478 e. The molecular formula is C24H27N3O3. The molecule has 1 saturated carbocycles.